The van der Waals surface area contributed by atoms with Crippen LogP contribution in [0.3, 0.4) is 0 Å². The van der Waals surface area contributed by atoms with Crippen LogP contribution >= 0.6 is 43.2 Å². The molecule has 1 aromatic carbocycles. The number of H-pyrrole nitrogens is 1. The molecule has 0 spiro atoms. The standard InChI is InChI=1S/C15H12Br2N2OS/c1-8-2-3-11(17)9(6-8)10-7-21-15-13(10)14(20)18-12(19-15)4-5-16/h2-3,6-7H,4-5H2,1H3,(H,18,19,20). The van der Waals surface area contributed by atoms with Gasteiger partial charge in [-0.05, 0) is 18.6 Å². The summed E-state index contributed by atoms with van der Waals surface area (Å²) in [5, 5.41) is 3.46. The molecular formula is C15H12Br2N2OS. The Bertz CT molecular complexity index is 870. The van der Waals surface area contributed by atoms with Gasteiger partial charge < -0.3 is 4.98 Å². The van der Waals surface area contributed by atoms with Gasteiger partial charge in [-0.15, -0.1) is 11.3 Å². The molecule has 0 saturated heterocycles. The summed E-state index contributed by atoms with van der Waals surface area (Å²) in [6.45, 7) is 2.04. The summed E-state index contributed by atoms with van der Waals surface area (Å²) in [7, 11) is 0. The number of nitrogens with one attached hydrogen (secondary N) is 1. The van der Waals surface area contributed by atoms with Crippen molar-refractivity contribution in [3.63, 3.8) is 0 Å². The van der Waals surface area contributed by atoms with Gasteiger partial charge in [0, 0.05) is 27.2 Å². The molecule has 0 radical (unpaired) electrons. The number of nitrogens with zero attached hydrogens (tertiary/aromatic N) is 1. The number of fused-ring (bicyclic) bond motifs is 1. The first-order chi connectivity index (χ1) is 10.1. The van der Waals surface area contributed by atoms with Crippen molar-refractivity contribution >= 4 is 53.4 Å². The average molecular weight is 428 g/mol. The summed E-state index contributed by atoms with van der Waals surface area (Å²) in [5.74, 6) is 0.723. The largest absolute Gasteiger partial charge is 0.310 e. The van der Waals surface area contributed by atoms with Crippen molar-refractivity contribution < 1.29 is 0 Å². The zero-order valence-electron chi connectivity index (χ0n) is 11.2. The first-order valence-electron chi connectivity index (χ1n) is 6.43. The molecule has 0 saturated carbocycles. The lowest BCUT2D eigenvalue weighted by Gasteiger charge is -2.05. The maximum absolute atomic E-state index is 12.4. The number of aromatic amines is 1. The van der Waals surface area contributed by atoms with Gasteiger partial charge in [0.1, 0.15) is 10.7 Å². The molecule has 0 atom stereocenters. The van der Waals surface area contributed by atoms with Crippen molar-refractivity contribution in [2.75, 3.05) is 5.33 Å². The van der Waals surface area contributed by atoms with E-state index in [2.05, 4.69) is 47.9 Å². The predicted octanol–water partition coefficient (Wildman–Crippen LogP) is 4.66. The maximum atomic E-state index is 12.4. The summed E-state index contributed by atoms with van der Waals surface area (Å²) in [6.07, 6.45) is 0.715. The molecule has 3 aromatic rings. The molecule has 0 aliphatic rings. The number of benzene rings is 1. The van der Waals surface area contributed by atoms with Crippen molar-refractivity contribution in [1.82, 2.24) is 9.97 Å². The molecule has 2 heterocycles. The molecule has 21 heavy (non-hydrogen) atoms. The Labute approximate surface area is 142 Å². The average Bonchev–Trinajstić information content (AvgIpc) is 2.86. The summed E-state index contributed by atoms with van der Waals surface area (Å²) < 4.78 is 0.983. The maximum Gasteiger partial charge on any atom is 0.260 e. The first-order valence-corrected chi connectivity index (χ1v) is 9.22. The fourth-order valence-electron chi connectivity index (χ4n) is 2.25. The number of halogens is 2. The third kappa shape index (κ3) is 2.84. The van der Waals surface area contributed by atoms with E-state index in [0.717, 1.165) is 37.1 Å². The van der Waals surface area contributed by atoms with E-state index >= 15 is 0 Å². The van der Waals surface area contributed by atoms with Gasteiger partial charge in [0.25, 0.3) is 5.56 Å². The van der Waals surface area contributed by atoms with E-state index in [1.165, 1.54) is 11.3 Å². The molecule has 6 heteroatoms. The highest BCUT2D eigenvalue weighted by Crippen LogP contribution is 2.35. The molecular weight excluding hydrogens is 416 g/mol. The SMILES string of the molecule is Cc1ccc(Br)c(-c2csc3nc(CCBr)[nH]c(=O)c23)c1. The van der Waals surface area contributed by atoms with E-state index in [1.807, 2.05) is 24.4 Å². The van der Waals surface area contributed by atoms with E-state index in [4.69, 9.17) is 0 Å². The Balaban J connectivity index is 2.25. The van der Waals surface area contributed by atoms with Crippen molar-refractivity contribution in [1.29, 1.82) is 0 Å². The fraction of sp³-hybridized carbons (Fsp3) is 0.200. The zero-order chi connectivity index (χ0) is 15.0. The highest BCUT2D eigenvalue weighted by atomic mass is 79.9. The monoisotopic (exact) mass is 426 g/mol. The number of aromatic nitrogens is 2. The van der Waals surface area contributed by atoms with E-state index in [1.54, 1.807) is 0 Å². The van der Waals surface area contributed by atoms with Gasteiger partial charge in [0.05, 0.1) is 5.39 Å². The van der Waals surface area contributed by atoms with Gasteiger partial charge in [-0.1, -0.05) is 49.6 Å². The smallest absolute Gasteiger partial charge is 0.260 e. The normalized spacial score (nSPS) is 11.2. The molecule has 2 aromatic heterocycles. The van der Waals surface area contributed by atoms with Gasteiger partial charge in [0.15, 0.2) is 0 Å². The Morgan fingerprint density at radius 3 is 2.90 bits per heavy atom. The number of aryl methyl sites for hydroxylation is 2. The topological polar surface area (TPSA) is 45.8 Å². The summed E-state index contributed by atoms with van der Waals surface area (Å²) in [6, 6.07) is 6.13. The Kier molecular flexibility index (Phi) is 4.28. The van der Waals surface area contributed by atoms with Gasteiger partial charge >= 0.3 is 0 Å². The molecule has 3 rings (SSSR count). The molecule has 3 nitrogen and oxygen atoms in total. The molecule has 0 aliphatic heterocycles. The number of thiophene rings is 1. The van der Waals surface area contributed by atoms with Crippen LogP contribution in [0.2, 0.25) is 0 Å². The van der Waals surface area contributed by atoms with E-state index in [-0.39, 0.29) is 5.56 Å². The van der Waals surface area contributed by atoms with E-state index in [0.29, 0.717) is 11.8 Å². The second kappa shape index (κ2) is 6.02. The quantitative estimate of drug-likeness (QED) is 0.617. The fourth-order valence-corrected chi connectivity index (χ4v) is 4.04. The van der Waals surface area contributed by atoms with Crippen LogP contribution in [0.4, 0.5) is 0 Å². The Morgan fingerprint density at radius 1 is 1.33 bits per heavy atom. The number of hydrogen-bond donors (Lipinski definition) is 1. The second-order valence-electron chi connectivity index (χ2n) is 4.76. The highest BCUT2D eigenvalue weighted by Gasteiger charge is 2.14. The van der Waals surface area contributed by atoms with Gasteiger partial charge in [-0.2, -0.15) is 0 Å². The highest BCUT2D eigenvalue weighted by molar-refractivity contribution is 9.10. The molecule has 108 valence electrons. The minimum Gasteiger partial charge on any atom is -0.310 e. The van der Waals surface area contributed by atoms with Crippen LogP contribution in [0.1, 0.15) is 11.4 Å². The van der Waals surface area contributed by atoms with E-state index < -0.39 is 0 Å². The van der Waals surface area contributed by atoms with Crippen LogP contribution in [0, 0.1) is 6.92 Å². The van der Waals surface area contributed by atoms with Crippen molar-refractivity contribution in [3.05, 3.63) is 49.8 Å². The molecule has 1 N–H and O–H groups in total. The number of rotatable bonds is 3. The van der Waals surface area contributed by atoms with Crippen molar-refractivity contribution in [2.45, 2.75) is 13.3 Å². The van der Waals surface area contributed by atoms with Crippen LogP contribution in [0.5, 0.6) is 0 Å². The van der Waals surface area contributed by atoms with Crippen molar-refractivity contribution in [3.8, 4) is 11.1 Å². The Hall–Kier alpha value is -0.980. The summed E-state index contributed by atoms with van der Waals surface area (Å²) in [5.41, 5.74) is 3.06. The lowest BCUT2D eigenvalue weighted by molar-refractivity contribution is 0.960. The number of alkyl halides is 1. The van der Waals surface area contributed by atoms with Crippen LogP contribution in [-0.4, -0.2) is 15.3 Å². The van der Waals surface area contributed by atoms with Crippen LogP contribution < -0.4 is 5.56 Å². The summed E-state index contributed by atoms with van der Waals surface area (Å²) >= 11 is 8.45. The third-order valence-electron chi connectivity index (χ3n) is 3.24. The van der Waals surface area contributed by atoms with Gasteiger partial charge in [-0.3, -0.25) is 4.79 Å². The lowest BCUT2D eigenvalue weighted by Crippen LogP contribution is -2.11. The van der Waals surface area contributed by atoms with Crippen LogP contribution in [0.15, 0.2) is 32.8 Å². The molecule has 0 unspecified atom stereocenters. The van der Waals surface area contributed by atoms with Gasteiger partial charge in [0.2, 0.25) is 0 Å². The molecule has 0 bridgehead atoms. The Morgan fingerprint density at radius 2 is 2.14 bits per heavy atom. The second-order valence-corrected chi connectivity index (χ2v) is 7.27. The van der Waals surface area contributed by atoms with Gasteiger partial charge in [-0.25, -0.2) is 4.98 Å². The molecule has 0 fully saturated rings. The van der Waals surface area contributed by atoms with Crippen molar-refractivity contribution in [2.24, 2.45) is 0 Å². The first kappa shape index (κ1) is 14.9. The van der Waals surface area contributed by atoms with E-state index in [9.17, 15) is 4.79 Å². The summed E-state index contributed by atoms with van der Waals surface area (Å²) in [4.78, 5) is 20.6. The number of hydrogen-bond acceptors (Lipinski definition) is 3. The van der Waals surface area contributed by atoms with Crippen LogP contribution in [-0.2, 0) is 6.42 Å². The lowest BCUT2D eigenvalue weighted by atomic mass is 10.0. The zero-order valence-corrected chi connectivity index (χ0v) is 15.2. The minimum atomic E-state index is -0.0689. The minimum absolute atomic E-state index is 0.0689. The molecule has 0 aliphatic carbocycles. The predicted molar refractivity (Wildman–Crippen MR) is 95.6 cm³/mol. The third-order valence-corrected chi connectivity index (χ3v) is 5.20. The molecule has 0 amide bonds. The van der Waals surface area contributed by atoms with Crippen LogP contribution in [0.25, 0.3) is 21.3 Å².